The molecule has 0 spiro atoms. The second kappa shape index (κ2) is 5.41. The molecular formula is C19H16O2. The summed E-state index contributed by atoms with van der Waals surface area (Å²) in [5.74, 6) is -0.354. The molecule has 2 nitrogen and oxygen atoms in total. The molecule has 0 unspecified atom stereocenters. The zero-order chi connectivity index (χ0) is 14.8. The van der Waals surface area contributed by atoms with Gasteiger partial charge in [0.05, 0.1) is 0 Å². The minimum absolute atomic E-state index is 0.261. The van der Waals surface area contributed by atoms with Gasteiger partial charge in [-0.15, -0.1) is 0 Å². The van der Waals surface area contributed by atoms with Crippen LogP contribution in [0.5, 0.6) is 0 Å². The third-order valence-electron chi connectivity index (χ3n) is 3.56. The maximum absolute atomic E-state index is 11.6. The highest BCUT2D eigenvalue weighted by atomic mass is 16.5. The maximum Gasteiger partial charge on any atom is 0.333 e. The summed E-state index contributed by atoms with van der Waals surface area (Å²) in [6.07, 6.45) is 0. The Morgan fingerprint density at radius 1 is 1.00 bits per heavy atom. The fourth-order valence-electron chi connectivity index (χ4n) is 2.52. The molecule has 3 aromatic rings. The van der Waals surface area contributed by atoms with E-state index in [4.69, 9.17) is 4.74 Å². The van der Waals surface area contributed by atoms with Gasteiger partial charge in [-0.25, -0.2) is 4.79 Å². The Morgan fingerprint density at radius 2 is 1.71 bits per heavy atom. The van der Waals surface area contributed by atoms with Crippen molar-refractivity contribution in [3.05, 3.63) is 72.3 Å². The standard InChI is InChI=1S/C19H16O2/c1-13(2)19(20)21-12-16-8-5-7-15-11-10-14-6-3-4-9-17(14)18(15)16/h3-11H,1,12H2,2H3. The third-order valence-corrected chi connectivity index (χ3v) is 3.56. The molecule has 0 atom stereocenters. The molecule has 3 rings (SSSR count). The molecular weight excluding hydrogens is 260 g/mol. The van der Waals surface area contributed by atoms with Crippen LogP contribution >= 0.6 is 0 Å². The molecule has 0 aliphatic carbocycles. The number of rotatable bonds is 3. The largest absolute Gasteiger partial charge is 0.457 e. The molecule has 0 saturated carbocycles. The molecule has 0 N–H and O–H groups in total. The van der Waals surface area contributed by atoms with Crippen LogP contribution in [0.4, 0.5) is 0 Å². The van der Waals surface area contributed by atoms with E-state index < -0.39 is 0 Å². The smallest absolute Gasteiger partial charge is 0.333 e. The van der Waals surface area contributed by atoms with Crippen LogP contribution in [0.25, 0.3) is 21.5 Å². The van der Waals surface area contributed by atoms with Crippen molar-refractivity contribution in [2.75, 3.05) is 0 Å². The SMILES string of the molecule is C=C(C)C(=O)OCc1cccc2ccc3ccccc3c12. The van der Waals surface area contributed by atoms with E-state index in [9.17, 15) is 4.79 Å². The molecule has 0 heterocycles. The first-order valence-electron chi connectivity index (χ1n) is 6.89. The van der Waals surface area contributed by atoms with E-state index in [1.165, 1.54) is 10.8 Å². The molecule has 0 fully saturated rings. The zero-order valence-corrected chi connectivity index (χ0v) is 11.9. The lowest BCUT2D eigenvalue weighted by Crippen LogP contribution is -2.05. The first kappa shape index (κ1) is 13.4. The predicted octanol–water partition coefficient (Wildman–Crippen LogP) is 4.61. The number of benzene rings is 3. The summed E-state index contributed by atoms with van der Waals surface area (Å²) in [6.45, 7) is 5.52. The van der Waals surface area contributed by atoms with Crippen molar-refractivity contribution in [1.29, 1.82) is 0 Å². The molecule has 0 saturated heterocycles. The summed E-state index contributed by atoms with van der Waals surface area (Å²) in [7, 11) is 0. The van der Waals surface area contributed by atoms with E-state index in [1.807, 2.05) is 24.3 Å². The van der Waals surface area contributed by atoms with Gasteiger partial charge in [0.25, 0.3) is 0 Å². The first-order valence-corrected chi connectivity index (χ1v) is 6.89. The van der Waals surface area contributed by atoms with Gasteiger partial charge >= 0.3 is 5.97 Å². The van der Waals surface area contributed by atoms with Gasteiger partial charge in [0.15, 0.2) is 0 Å². The number of hydrogen-bond acceptors (Lipinski definition) is 2. The van der Waals surface area contributed by atoms with E-state index in [-0.39, 0.29) is 12.6 Å². The zero-order valence-electron chi connectivity index (χ0n) is 11.9. The summed E-state index contributed by atoms with van der Waals surface area (Å²) < 4.78 is 5.31. The van der Waals surface area contributed by atoms with Crippen molar-refractivity contribution in [2.24, 2.45) is 0 Å². The molecule has 0 aliphatic rings. The van der Waals surface area contributed by atoms with Crippen LogP contribution in [0, 0.1) is 0 Å². The lowest BCUT2D eigenvalue weighted by Gasteiger charge is -2.10. The first-order chi connectivity index (χ1) is 10.2. The van der Waals surface area contributed by atoms with Crippen molar-refractivity contribution < 1.29 is 9.53 Å². The second-order valence-electron chi connectivity index (χ2n) is 5.16. The van der Waals surface area contributed by atoms with Crippen LogP contribution < -0.4 is 0 Å². The molecule has 0 amide bonds. The summed E-state index contributed by atoms with van der Waals surface area (Å²) in [5, 5.41) is 4.66. The van der Waals surface area contributed by atoms with Crippen molar-refractivity contribution in [1.82, 2.24) is 0 Å². The van der Waals surface area contributed by atoms with E-state index in [0.717, 1.165) is 16.3 Å². The monoisotopic (exact) mass is 276 g/mol. The van der Waals surface area contributed by atoms with E-state index >= 15 is 0 Å². The average molecular weight is 276 g/mol. The molecule has 2 heteroatoms. The predicted molar refractivity (Wildman–Crippen MR) is 86.1 cm³/mol. The molecule has 0 aliphatic heterocycles. The van der Waals surface area contributed by atoms with Gasteiger partial charge in [-0.1, -0.05) is 61.2 Å². The van der Waals surface area contributed by atoms with Crippen LogP contribution in [0.1, 0.15) is 12.5 Å². The number of ether oxygens (including phenoxy) is 1. The van der Waals surface area contributed by atoms with Gasteiger partial charge in [0.2, 0.25) is 0 Å². The lowest BCUT2D eigenvalue weighted by atomic mass is 9.98. The topological polar surface area (TPSA) is 26.3 Å². The van der Waals surface area contributed by atoms with Crippen LogP contribution in [0.3, 0.4) is 0 Å². The Bertz CT molecular complexity index is 846. The number of carbonyl (C=O) groups is 1. The Hall–Kier alpha value is -2.61. The second-order valence-corrected chi connectivity index (χ2v) is 5.16. The van der Waals surface area contributed by atoms with E-state index in [1.54, 1.807) is 6.92 Å². The molecule has 0 bridgehead atoms. The normalized spacial score (nSPS) is 10.7. The fraction of sp³-hybridized carbons (Fsp3) is 0.105. The van der Waals surface area contributed by atoms with Crippen LogP contribution in [-0.2, 0) is 16.1 Å². The summed E-state index contributed by atoms with van der Waals surface area (Å²) >= 11 is 0. The Balaban J connectivity index is 2.12. The highest BCUT2D eigenvalue weighted by Gasteiger charge is 2.08. The number of hydrogen-bond donors (Lipinski definition) is 0. The maximum atomic E-state index is 11.6. The summed E-state index contributed by atoms with van der Waals surface area (Å²) in [4.78, 5) is 11.6. The summed E-state index contributed by atoms with van der Waals surface area (Å²) in [5.41, 5.74) is 1.43. The van der Waals surface area contributed by atoms with Gasteiger partial charge in [0, 0.05) is 5.57 Å². The van der Waals surface area contributed by atoms with Crippen molar-refractivity contribution in [3.63, 3.8) is 0 Å². The Morgan fingerprint density at radius 3 is 2.52 bits per heavy atom. The molecule has 104 valence electrons. The molecule has 3 aromatic carbocycles. The van der Waals surface area contributed by atoms with Crippen molar-refractivity contribution in [2.45, 2.75) is 13.5 Å². The van der Waals surface area contributed by atoms with Gasteiger partial charge in [-0.3, -0.25) is 0 Å². The lowest BCUT2D eigenvalue weighted by molar-refractivity contribution is -0.140. The van der Waals surface area contributed by atoms with Crippen molar-refractivity contribution in [3.8, 4) is 0 Å². The van der Waals surface area contributed by atoms with Gasteiger partial charge in [-0.05, 0) is 34.0 Å². The fourth-order valence-corrected chi connectivity index (χ4v) is 2.52. The van der Waals surface area contributed by atoms with Gasteiger partial charge in [0.1, 0.15) is 6.61 Å². The highest BCUT2D eigenvalue weighted by Crippen LogP contribution is 2.28. The minimum Gasteiger partial charge on any atom is -0.457 e. The van der Waals surface area contributed by atoms with E-state index in [2.05, 4.69) is 36.9 Å². The molecule has 0 radical (unpaired) electrons. The molecule has 21 heavy (non-hydrogen) atoms. The average Bonchev–Trinajstić information content (AvgIpc) is 2.52. The van der Waals surface area contributed by atoms with Gasteiger partial charge < -0.3 is 4.74 Å². The Labute approximate surface area is 123 Å². The Kier molecular flexibility index (Phi) is 3.44. The minimum atomic E-state index is -0.354. The highest BCUT2D eigenvalue weighted by molar-refractivity contribution is 6.09. The van der Waals surface area contributed by atoms with Crippen LogP contribution in [0.2, 0.25) is 0 Å². The van der Waals surface area contributed by atoms with Crippen LogP contribution in [-0.4, -0.2) is 5.97 Å². The van der Waals surface area contributed by atoms with Crippen LogP contribution in [0.15, 0.2) is 66.7 Å². The number of fused-ring (bicyclic) bond motifs is 3. The number of carbonyl (C=O) groups excluding carboxylic acids is 1. The van der Waals surface area contributed by atoms with Crippen molar-refractivity contribution >= 4 is 27.5 Å². The number of esters is 1. The van der Waals surface area contributed by atoms with E-state index in [0.29, 0.717) is 5.57 Å². The quantitative estimate of drug-likeness (QED) is 0.396. The summed E-state index contributed by atoms with van der Waals surface area (Å²) in [6, 6.07) is 18.5. The van der Waals surface area contributed by atoms with Gasteiger partial charge in [-0.2, -0.15) is 0 Å². The third kappa shape index (κ3) is 2.52. The molecule has 0 aromatic heterocycles.